The van der Waals surface area contributed by atoms with Crippen LogP contribution < -0.4 is 20.1 Å². The summed E-state index contributed by atoms with van der Waals surface area (Å²) in [7, 11) is 0. The Kier molecular flexibility index (Phi) is 8.74. The van der Waals surface area contributed by atoms with Crippen molar-refractivity contribution in [1.82, 2.24) is 4.90 Å². The molecular formula is C32H39N3O3. The quantitative estimate of drug-likeness (QED) is 0.269. The number of hydrogen-bond donors (Lipinski definition) is 2. The van der Waals surface area contributed by atoms with Crippen LogP contribution in [0.1, 0.15) is 58.2 Å². The number of amides is 1. The summed E-state index contributed by atoms with van der Waals surface area (Å²) in [5, 5.41) is 6.58. The SMILES string of the molecule is CCOc1cc2c(cc1OCC)/C(=C(/Nc1ccc(CN(C(C)C)C(C)C)cc1)c1ccccc1)C(=O)N2. The Balaban J connectivity index is 1.74. The van der Waals surface area contributed by atoms with E-state index in [1.165, 1.54) is 5.56 Å². The van der Waals surface area contributed by atoms with Gasteiger partial charge in [-0.3, -0.25) is 9.69 Å². The van der Waals surface area contributed by atoms with Crippen molar-refractivity contribution in [2.24, 2.45) is 0 Å². The molecule has 200 valence electrons. The van der Waals surface area contributed by atoms with Crippen LogP contribution in [0.5, 0.6) is 11.5 Å². The lowest BCUT2D eigenvalue weighted by Gasteiger charge is -2.30. The summed E-state index contributed by atoms with van der Waals surface area (Å²) < 4.78 is 11.7. The van der Waals surface area contributed by atoms with Crippen LogP contribution in [0, 0.1) is 0 Å². The van der Waals surface area contributed by atoms with Gasteiger partial charge in [-0.2, -0.15) is 0 Å². The predicted molar refractivity (Wildman–Crippen MR) is 157 cm³/mol. The van der Waals surface area contributed by atoms with E-state index in [9.17, 15) is 4.79 Å². The minimum absolute atomic E-state index is 0.163. The molecule has 6 nitrogen and oxygen atoms in total. The van der Waals surface area contributed by atoms with E-state index in [1.807, 2.05) is 56.3 Å². The van der Waals surface area contributed by atoms with Crippen molar-refractivity contribution in [1.29, 1.82) is 0 Å². The van der Waals surface area contributed by atoms with Crippen molar-refractivity contribution in [2.75, 3.05) is 23.8 Å². The molecule has 2 N–H and O–H groups in total. The Labute approximate surface area is 226 Å². The topological polar surface area (TPSA) is 62.8 Å². The summed E-state index contributed by atoms with van der Waals surface area (Å²) in [6.07, 6.45) is 0. The highest BCUT2D eigenvalue weighted by atomic mass is 16.5. The maximum Gasteiger partial charge on any atom is 0.258 e. The number of anilines is 2. The number of carbonyl (C=O) groups is 1. The summed E-state index contributed by atoms with van der Waals surface area (Å²) in [5.41, 5.74) is 5.90. The van der Waals surface area contributed by atoms with Crippen molar-refractivity contribution < 1.29 is 14.3 Å². The Hall–Kier alpha value is -3.77. The lowest BCUT2D eigenvalue weighted by molar-refractivity contribution is -0.110. The largest absolute Gasteiger partial charge is 0.490 e. The molecule has 3 aromatic rings. The molecule has 1 amide bonds. The molecule has 0 bridgehead atoms. The van der Waals surface area contributed by atoms with Crippen LogP contribution in [0.15, 0.2) is 66.7 Å². The van der Waals surface area contributed by atoms with Gasteiger partial charge in [-0.05, 0) is 70.9 Å². The van der Waals surface area contributed by atoms with Gasteiger partial charge in [0.1, 0.15) is 0 Å². The Morgan fingerprint density at radius 1 is 0.868 bits per heavy atom. The fraction of sp³-hybridized carbons (Fsp3) is 0.344. The Bertz CT molecular complexity index is 1270. The first kappa shape index (κ1) is 27.3. The first-order chi connectivity index (χ1) is 18.3. The van der Waals surface area contributed by atoms with Crippen molar-refractivity contribution in [2.45, 2.75) is 60.2 Å². The molecule has 1 heterocycles. The normalized spacial score (nSPS) is 14.1. The monoisotopic (exact) mass is 513 g/mol. The van der Waals surface area contributed by atoms with Crippen molar-refractivity contribution in [3.63, 3.8) is 0 Å². The van der Waals surface area contributed by atoms with E-state index in [4.69, 9.17) is 9.47 Å². The molecule has 3 aromatic carbocycles. The molecule has 4 rings (SSSR count). The molecule has 0 aliphatic carbocycles. The van der Waals surface area contributed by atoms with E-state index < -0.39 is 0 Å². The molecular weight excluding hydrogens is 474 g/mol. The molecule has 0 atom stereocenters. The third-order valence-electron chi connectivity index (χ3n) is 6.66. The van der Waals surface area contributed by atoms with Gasteiger partial charge in [-0.15, -0.1) is 0 Å². The summed E-state index contributed by atoms with van der Waals surface area (Å²) in [6.45, 7) is 14.7. The van der Waals surface area contributed by atoms with Crippen molar-refractivity contribution in [3.8, 4) is 11.5 Å². The molecule has 0 saturated carbocycles. The highest BCUT2D eigenvalue weighted by Crippen LogP contribution is 2.43. The summed E-state index contributed by atoms with van der Waals surface area (Å²) >= 11 is 0. The number of fused-ring (bicyclic) bond motifs is 1. The van der Waals surface area contributed by atoms with Gasteiger partial charge in [0.25, 0.3) is 5.91 Å². The average Bonchev–Trinajstić information content (AvgIpc) is 3.21. The molecule has 0 spiro atoms. The van der Waals surface area contributed by atoms with Crippen molar-refractivity contribution in [3.05, 3.63) is 83.4 Å². The van der Waals surface area contributed by atoms with Gasteiger partial charge in [-0.1, -0.05) is 42.5 Å². The lowest BCUT2D eigenvalue weighted by atomic mass is 9.99. The van der Waals surface area contributed by atoms with Gasteiger partial charge in [0.15, 0.2) is 11.5 Å². The second-order valence-electron chi connectivity index (χ2n) is 9.96. The second-order valence-corrected chi connectivity index (χ2v) is 9.96. The number of nitrogens with one attached hydrogen (secondary N) is 2. The average molecular weight is 514 g/mol. The van der Waals surface area contributed by atoms with Crippen LogP contribution in [0.3, 0.4) is 0 Å². The zero-order chi connectivity index (χ0) is 27.2. The first-order valence-electron chi connectivity index (χ1n) is 13.5. The van der Waals surface area contributed by atoms with Gasteiger partial charge in [-0.25, -0.2) is 0 Å². The molecule has 38 heavy (non-hydrogen) atoms. The maximum absolute atomic E-state index is 13.4. The standard InChI is InChI=1S/C32H39N3O3/c1-7-37-28-18-26-27(19-29(28)38-8-2)34-32(36)30(26)31(24-12-10-9-11-13-24)33-25-16-14-23(15-17-25)20-35(21(3)4)22(5)6/h9-19,21-22,33H,7-8,20H2,1-6H3,(H,34,36)/b31-30-. The first-order valence-corrected chi connectivity index (χ1v) is 13.5. The lowest BCUT2D eigenvalue weighted by Crippen LogP contribution is -2.36. The Morgan fingerprint density at radius 3 is 2.05 bits per heavy atom. The minimum Gasteiger partial charge on any atom is -0.490 e. The van der Waals surface area contributed by atoms with E-state index in [0.717, 1.165) is 29.1 Å². The van der Waals surface area contributed by atoms with Crippen LogP contribution in [0.4, 0.5) is 11.4 Å². The van der Waals surface area contributed by atoms with Gasteiger partial charge in [0, 0.05) is 35.9 Å². The van der Waals surface area contributed by atoms with E-state index in [0.29, 0.717) is 48.1 Å². The number of benzene rings is 3. The highest BCUT2D eigenvalue weighted by Gasteiger charge is 2.30. The van der Waals surface area contributed by atoms with E-state index >= 15 is 0 Å². The summed E-state index contributed by atoms with van der Waals surface area (Å²) in [6, 6.07) is 23.1. The number of hydrogen-bond acceptors (Lipinski definition) is 5. The van der Waals surface area contributed by atoms with E-state index in [1.54, 1.807) is 0 Å². The summed E-state index contributed by atoms with van der Waals surface area (Å²) in [5.74, 6) is 1.08. The maximum atomic E-state index is 13.4. The van der Waals surface area contributed by atoms with Gasteiger partial charge in [0.2, 0.25) is 0 Å². The molecule has 1 aliphatic heterocycles. The van der Waals surface area contributed by atoms with Crippen LogP contribution in [-0.2, 0) is 11.3 Å². The zero-order valence-corrected chi connectivity index (χ0v) is 23.3. The van der Waals surface area contributed by atoms with Gasteiger partial charge >= 0.3 is 0 Å². The van der Waals surface area contributed by atoms with Crippen LogP contribution in [0.2, 0.25) is 0 Å². The minimum atomic E-state index is -0.163. The third-order valence-corrected chi connectivity index (χ3v) is 6.66. The predicted octanol–water partition coefficient (Wildman–Crippen LogP) is 7.04. The molecule has 0 aromatic heterocycles. The van der Waals surface area contributed by atoms with E-state index in [-0.39, 0.29) is 5.91 Å². The van der Waals surface area contributed by atoms with Crippen LogP contribution in [0.25, 0.3) is 11.3 Å². The zero-order valence-electron chi connectivity index (χ0n) is 23.3. The van der Waals surface area contributed by atoms with Crippen LogP contribution >= 0.6 is 0 Å². The number of nitrogens with zero attached hydrogens (tertiary/aromatic N) is 1. The van der Waals surface area contributed by atoms with Crippen molar-refractivity contribution >= 4 is 28.6 Å². The number of carbonyl (C=O) groups excluding carboxylic acids is 1. The third kappa shape index (κ3) is 6.03. The molecule has 0 fully saturated rings. The summed E-state index contributed by atoms with van der Waals surface area (Å²) in [4.78, 5) is 15.8. The molecule has 0 radical (unpaired) electrons. The van der Waals surface area contributed by atoms with E-state index in [2.05, 4.69) is 67.5 Å². The highest BCUT2D eigenvalue weighted by molar-refractivity contribution is 6.37. The molecule has 0 unspecified atom stereocenters. The Morgan fingerprint density at radius 2 is 1.47 bits per heavy atom. The number of rotatable bonds is 11. The molecule has 1 aliphatic rings. The molecule has 0 saturated heterocycles. The fourth-order valence-corrected chi connectivity index (χ4v) is 4.86. The van der Waals surface area contributed by atoms with Crippen LogP contribution in [-0.4, -0.2) is 36.1 Å². The van der Waals surface area contributed by atoms with Gasteiger partial charge in [0.05, 0.1) is 30.2 Å². The number of ether oxygens (including phenoxy) is 2. The van der Waals surface area contributed by atoms with Gasteiger partial charge < -0.3 is 20.1 Å². The second kappa shape index (κ2) is 12.2. The molecule has 6 heteroatoms. The smallest absolute Gasteiger partial charge is 0.258 e. The fourth-order valence-electron chi connectivity index (χ4n) is 4.86.